The smallest absolute Gasteiger partial charge is 0.227 e. The normalized spacial score (nSPS) is 19.0. The Morgan fingerprint density at radius 3 is 2.96 bits per heavy atom. The first-order chi connectivity index (χ1) is 12.0. The van der Waals surface area contributed by atoms with Crippen LogP contribution in [0.15, 0.2) is 41.1 Å². The fraction of sp³-hybridized carbons (Fsp3) is 0.400. The first-order valence-electron chi connectivity index (χ1n) is 7.92. The SMILES string of the molecule is CCN(C(=O)CCC1(C)N=NNN1)c1cn(-c2cccnc2)nc1Cl. The molecule has 0 saturated carbocycles. The van der Waals surface area contributed by atoms with E-state index in [-0.39, 0.29) is 11.1 Å². The fourth-order valence-corrected chi connectivity index (χ4v) is 2.76. The molecule has 1 aliphatic rings. The molecule has 10 heteroatoms. The lowest BCUT2D eigenvalue weighted by Crippen LogP contribution is -2.42. The van der Waals surface area contributed by atoms with Crippen molar-refractivity contribution in [1.29, 1.82) is 0 Å². The Hall–Kier alpha value is -2.52. The standard InChI is InChI=1S/C15H19ClN8O/c1-3-23(13(25)6-7-15(2)19-21-22-20-15)12-10-24(18-14(12)16)11-5-4-8-17-9-11/h4-5,8-10H,3,6-7H2,1-2H3,(H,19,22)(H,20,21). The number of anilines is 1. The summed E-state index contributed by atoms with van der Waals surface area (Å²) in [5.41, 5.74) is 6.26. The van der Waals surface area contributed by atoms with Crippen molar-refractivity contribution in [1.82, 2.24) is 25.7 Å². The highest BCUT2D eigenvalue weighted by Gasteiger charge is 2.29. The number of nitrogens with one attached hydrogen (secondary N) is 2. The molecule has 1 unspecified atom stereocenters. The number of halogens is 1. The second-order valence-electron chi connectivity index (χ2n) is 5.81. The van der Waals surface area contributed by atoms with Crippen LogP contribution in [0.4, 0.5) is 5.69 Å². The third-order valence-electron chi connectivity index (χ3n) is 3.94. The van der Waals surface area contributed by atoms with Crippen LogP contribution in [-0.4, -0.2) is 32.9 Å². The highest BCUT2D eigenvalue weighted by molar-refractivity contribution is 6.32. The number of hydrogen-bond donors (Lipinski definition) is 2. The van der Waals surface area contributed by atoms with Crippen molar-refractivity contribution < 1.29 is 4.79 Å². The third kappa shape index (κ3) is 3.77. The van der Waals surface area contributed by atoms with Crippen LogP contribution in [-0.2, 0) is 4.79 Å². The van der Waals surface area contributed by atoms with Gasteiger partial charge >= 0.3 is 0 Å². The van der Waals surface area contributed by atoms with Gasteiger partial charge in [0.25, 0.3) is 0 Å². The topological polar surface area (TPSA) is 99.8 Å². The minimum Gasteiger partial charge on any atom is -0.309 e. The van der Waals surface area contributed by atoms with E-state index in [4.69, 9.17) is 11.6 Å². The molecule has 0 radical (unpaired) electrons. The third-order valence-corrected chi connectivity index (χ3v) is 4.21. The van der Waals surface area contributed by atoms with Crippen LogP contribution >= 0.6 is 11.6 Å². The van der Waals surface area contributed by atoms with Crippen molar-refractivity contribution >= 4 is 23.2 Å². The predicted molar refractivity (Wildman–Crippen MR) is 93.2 cm³/mol. The number of hydrogen-bond acceptors (Lipinski definition) is 7. The van der Waals surface area contributed by atoms with Gasteiger partial charge in [-0.3, -0.25) is 9.78 Å². The predicted octanol–water partition coefficient (Wildman–Crippen LogP) is 2.25. The number of hydrazine groups is 1. The van der Waals surface area contributed by atoms with Gasteiger partial charge in [-0.25, -0.2) is 10.2 Å². The van der Waals surface area contributed by atoms with Crippen molar-refractivity contribution in [3.63, 3.8) is 0 Å². The van der Waals surface area contributed by atoms with E-state index in [9.17, 15) is 4.79 Å². The summed E-state index contributed by atoms with van der Waals surface area (Å²) < 4.78 is 1.61. The van der Waals surface area contributed by atoms with E-state index < -0.39 is 5.66 Å². The van der Waals surface area contributed by atoms with Gasteiger partial charge in [-0.2, -0.15) is 10.5 Å². The summed E-state index contributed by atoms with van der Waals surface area (Å²) in [6.45, 7) is 4.25. The van der Waals surface area contributed by atoms with Gasteiger partial charge in [-0.15, -0.1) is 5.11 Å². The Balaban J connectivity index is 1.75. The van der Waals surface area contributed by atoms with Gasteiger partial charge in [0.15, 0.2) is 5.15 Å². The molecule has 0 aliphatic carbocycles. The molecule has 2 aromatic heterocycles. The maximum Gasteiger partial charge on any atom is 0.227 e. The van der Waals surface area contributed by atoms with Crippen LogP contribution in [0.5, 0.6) is 0 Å². The lowest BCUT2D eigenvalue weighted by molar-refractivity contribution is -0.119. The van der Waals surface area contributed by atoms with E-state index in [0.29, 0.717) is 25.1 Å². The van der Waals surface area contributed by atoms with Crippen LogP contribution in [0.2, 0.25) is 5.15 Å². The summed E-state index contributed by atoms with van der Waals surface area (Å²) in [6.07, 6.45) is 5.90. The maximum atomic E-state index is 12.7. The van der Waals surface area contributed by atoms with Gasteiger partial charge in [0.1, 0.15) is 11.4 Å². The molecule has 2 aromatic rings. The van der Waals surface area contributed by atoms with Crippen molar-refractivity contribution in [2.24, 2.45) is 10.3 Å². The number of aromatic nitrogens is 3. The highest BCUT2D eigenvalue weighted by Crippen LogP contribution is 2.27. The van der Waals surface area contributed by atoms with E-state index >= 15 is 0 Å². The molecule has 0 spiro atoms. The van der Waals surface area contributed by atoms with Gasteiger partial charge in [0.05, 0.1) is 18.1 Å². The van der Waals surface area contributed by atoms with E-state index in [0.717, 1.165) is 5.69 Å². The van der Waals surface area contributed by atoms with Gasteiger partial charge in [0.2, 0.25) is 5.91 Å². The minimum atomic E-state index is -0.585. The Labute approximate surface area is 150 Å². The molecule has 25 heavy (non-hydrogen) atoms. The molecule has 3 heterocycles. The molecule has 2 N–H and O–H groups in total. The largest absolute Gasteiger partial charge is 0.309 e. The number of pyridine rings is 1. The van der Waals surface area contributed by atoms with Gasteiger partial charge in [-0.05, 0) is 32.4 Å². The summed E-state index contributed by atoms with van der Waals surface area (Å²) in [7, 11) is 0. The first kappa shape index (κ1) is 17.3. The Morgan fingerprint density at radius 1 is 1.48 bits per heavy atom. The number of rotatable bonds is 6. The number of carbonyl (C=O) groups is 1. The van der Waals surface area contributed by atoms with Crippen molar-refractivity contribution in [3.05, 3.63) is 35.9 Å². The zero-order valence-electron chi connectivity index (χ0n) is 14.0. The first-order valence-corrected chi connectivity index (χ1v) is 8.30. The van der Waals surface area contributed by atoms with Crippen molar-refractivity contribution in [2.45, 2.75) is 32.4 Å². The second kappa shape index (κ2) is 7.16. The van der Waals surface area contributed by atoms with Gasteiger partial charge in [-0.1, -0.05) is 16.8 Å². The minimum absolute atomic E-state index is 0.0553. The zero-order chi connectivity index (χ0) is 17.9. The van der Waals surface area contributed by atoms with Crippen LogP contribution in [0.3, 0.4) is 0 Å². The molecule has 1 amide bonds. The molecular formula is C15H19ClN8O. The molecule has 0 aromatic carbocycles. The Morgan fingerprint density at radius 2 is 2.32 bits per heavy atom. The quantitative estimate of drug-likeness (QED) is 0.820. The molecule has 1 atom stereocenters. The van der Waals surface area contributed by atoms with E-state index in [2.05, 4.69) is 31.4 Å². The van der Waals surface area contributed by atoms with Gasteiger partial charge in [0, 0.05) is 19.2 Å². The summed E-state index contributed by atoms with van der Waals surface area (Å²) in [6, 6.07) is 3.67. The van der Waals surface area contributed by atoms with Crippen molar-refractivity contribution in [2.75, 3.05) is 11.4 Å². The molecule has 1 aliphatic heterocycles. The number of carbonyl (C=O) groups excluding carboxylic acids is 1. The van der Waals surface area contributed by atoms with Crippen LogP contribution in [0.25, 0.3) is 5.69 Å². The molecule has 132 valence electrons. The molecule has 9 nitrogen and oxygen atoms in total. The van der Waals surface area contributed by atoms with E-state index in [1.165, 1.54) is 0 Å². The summed E-state index contributed by atoms with van der Waals surface area (Å²) in [5.74, 6) is -0.0553. The average Bonchev–Trinajstić information content (AvgIpc) is 3.22. The zero-order valence-corrected chi connectivity index (χ0v) is 14.7. The van der Waals surface area contributed by atoms with Crippen LogP contribution in [0, 0.1) is 0 Å². The monoisotopic (exact) mass is 362 g/mol. The summed E-state index contributed by atoms with van der Waals surface area (Å²) in [5, 5.41) is 12.3. The Kier molecular flexibility index (Phi) is 4.95. The highest BCUT2D eigenvalue weighted by atomic mass is 35.5. The molecule has 0 fully saturated rings. The summed E-state index contributed by atoms with van der Waals surface area (Å²) in [4.78, 5) is 18.3. The summed E-state index contributed by atoms with van der Waals surface area (Å²) >= 11 is 6.26. The maximum absolute atomic E-state index is 12.7. The number of amides is 1. The van der Waals surface area contributed by atoms with Crippen molar-refractivity contribution in [3.8, 4) is 5.69 Å². The van der Waals surface area contributed by atoms with E-state index in [1.54, 1.807) is 28.2 Å². The van der Waals surface area contributed by atoms with E-state index in [1.807, 2.05) is 26.0 Å². The molecule has 0 saturated heterocycles. The lowest BCUT2D eigenvalue weighted by atomic mass is 10.1. The lowest BCUT2D eigenvalue weighted by Gasteiger charge is -2.22. The molecule has 3 rings (SSSR count). The van der Waals surface area contributed by atoms with Crippen LogP contribution in [0.1, 0.15) is 26.7 Å². The fourth-order valence-electron chi connectivity index (χ4n) is 2.53. The molecular weight excluding hydrogens is 344 g/mol. The molecule has 0 bridgehead atoms. The number of nitrogens with zero attached hydrogens (tertiary/aromatic N) is 6. The second-order valence-corrected chi connectivity index (χ2v) is 6.17. The van der Waals surface area contributed by atoms with Crippen LogP contribution < -0.4 is 15.9 Å². The Bertz CT molecular complexity index is 777. The van der Waals surface area contributed by atoms with Gasteiger partial charge < -0.3 is 4.90 Å². The average molecular weight is 363 g/mol.